The van der Waals surface area contributed by atoms with Crippen LogP contribution in [0.2, 0.25) is 0 Å². The number of rotatable bonds is 3. The summed E-state index contributed by atoms with van der Waals surface area (Å²) >= 11 is 0. The molecule has 1 heterocycles. The molecule has 1 aromatic rings. The molecule has 0 saturated heterocycles. The maximum absolute atomic E-state index is 13.2. The second kappa shape index (κ2) is 4.61. The molecule has 1 rings (SSSR count). The van der Waals surface area contributed by atoms with E-state index in [1.54, 1.807) is 0 Å². The van der Waals surface area contributed by atoms with Crippen LogP contribution in [0.15, 0.2) is 6.07 Å². The lowest BCUT2D eigenvalue weighted by molar-refractivity contribution is -0.136. The molecule has 7 heteroatoms. The first-order valence-corrected chi connectivity index (χ1v) is 4.05. The van der Waals surface area contributed by atoms with Crippen molar-refractivity contribution in [3.8, 4) is 6.07 Å². The van der Waals surface area contributed by atoms with Gasteiger partial charge < -0.3 is 5.11 Å². The van der Waals surface area contributed by atoms with Gasteiger partial charge in [-0.05, 0) is 0 Å². The van der Waals surface area contributed by atoms with Crippen LogP contribution >= 0.6 is 0 Å². The molecule has 0 spiro atoms. The zero-order valence-electron chi connectivity index (χ0n) is 7.75. The van der Waals surface area contributed by atoms with E-state index in [-0.39, 0.29) is 0 Å². The van der Waals surface area contributed by atoms with Crippen LogP contribution in [-0.2, 0) is 11.2 Å². The van der Waals surface area contributed by atoms with Gasteiger partial charge in [0, 0.05) is 11.6 Å². The zero-order chi connectivity index (χ0) is 12.3. The van der Waals surface area contributed by atoms with Gasteiger partial charge in [0.15, 0.2) is 0 Å². The third-order valence-electron chi connectivity index (χ3n) is 1.75. The lowest BCUT2D eigenvalue weighted by Crippen LogP contribution is -2.09. The summed E-state index contributed by atoms with van der Waals surface area (Å²) in [6.45, 7) is 0. The molecule has 0 unspecified atom stereocenters. The molecule has 1 aromatic heterocycles. The average molecular weight is 230 g/mol. The lowest BCUT2D eigenvalue weighted by Gasteiger charge is -2.07. The Morgan fingerprint density at radius 2 is 2.25 bits per heavy atom. The van der Waals surface area contributed by atoms with Crippen LogP contribution < -0.4 is 0 Å². The number of carboxylic acid groups (broad SMARTS) is 1. The van der Waals surface area contributed by atoms with Crippen LogP contribution in [0.4, 0.5) is 13.2 Å². The Labute approximate surface area is 88.0 Å². The van der Waals surface area contributed by atoms with Gasteiger partial charge in [0.2, 0.25) is 0 Å². The van der Waals surface area contributed by atoms with Gasteiger partial charge in [0.05, 0.1) is 6.42 Å². The molecule has 0 amide bonds. The molecule has 0 fully saturated rings. The quantitative estimate of drug-likeness (QED) is 0.856. The topological polar surface area (TPSA) is 74.0 Å². The van der Waals surface area contributed by atoms with E-state index in [9.17, 15) is 18.0 Å². The Hall–Kier alpha value is -2.10. The molecule has 0 radical (unpaired) electrons. The van der Waals surface area contributed by atoms with Gasteiger partial charge >= 0.3 is 5.97 Å². The highest BCUT2D eigenvalue weighted by atomic mass is 19.3. The predicted molar refractivity (Wildman–Crippen MR) is 45.2 cm³/mol. The Balaban J connectivity index is 3.35. The van der Waals surface area contributed by atoms with E-state index >= 15 is 0 Å². The van der Waals surface area contributed by atoms with Crippen LogP contribution in [-0.4, -0.2) is 16.1 Å². The molecule has 1 N–H and O–H groups in total. The minimum absolute atomic E-state index is 0.512. The molecule has 0 bridgehead atoms. The van der Waals surface area contributed by atoms with Crippen molar-refractivity contribution in [2.75, 3.05) is 0 Å². The summed E-state index contributed by atoms with van der Waals surface area (Å²) in [6.07, 6.45) is -4.03. The van der Waals surface area contributed by atoms with Gasteiger partial charge in [0.1, 0.15) is 23.3 Å². The first kappa shape index (κ1) is 12.0. The second-order valence-corrected chi connectivity index (χ2v) is 2.84. The summed E-state index contributed by atoms with van der Waals surface area (Å²) in [5.74, 6) is -2.61. The molecule has 0 aromatic carbocycles. The number of aromatic nitrogens is 1. The Bertz CT molecular complexity index is 469. The molecule has 0 saturated carbocycles. The standard InChI is InChI=1S/C9H5F3N2O2/c10-6-1-4(3-13)14-8(9(11)12)5(6)2-7(15)16/h1,9H,2H2,(H,15,16). The van der Waals surface area contributed by atoms with Crippen LogP contribution in [0, 0.1) is 17.1 Å². The highest BCUT2D eigenvalue weighted by Crippen LogP contribution is 2.24. The highest BCUT2D eigenvalue weighted by molar-refractivity contribution is 5.70. The first-order chi connectivity index (χ1) is 7.45. The molecule has 0 aliphatic carbocycles. The van der Waals surface area contributed by atoms with Crippen molar-refractivity contribution in [2.24, 2.45) is 0 Å². The van der Waals surface area contributed by atoms with Crippen molar-refractivity contribution in [3.63, 3.8) is 0 Å². The summed E-state index contributed by atoms with van der Waals surface area (Å²) in [4.78, 5) is 13.5. The average Bonchev–Trinajstić information content (AvgIpc) is 2.19. The van der Waals surface area contributed by atoms with Crippen LogP contribution in [0.3, 0.4) is 0 Å². The van der Waals surface area contributed by atoms with Crippen molar-refractivity contribution < 1.29 is 23.1 Å². The van der Waals surface area contributed by atoms with Crippen molar-refractivity contribution in [2.45, 2.75) is 12.8 Å². The van der Waals surface area contributed by atoms with E-state index in [0.29, 0.717) is 6.07 Å². The predicted octanol–water partition coefficient (Wildman–Crippen LogP) is 1.66. The number of pyridine rings is 1. The molecular formula is C9H5F3N2O2. The fourth-order valence-corrected chi connectivity index (χ4v) is 1.12. The van der Waals surface area contributed by atoms with E-state index in [2.05, 4.69) is 4.98 Å². The van der Waals surface area contributed by atoms with Crippen molar-refractivity contribution in [1.82, 2.24) is 4.98 Å². The van der Waals surface area contributed by atoms with E-state index in [0.717, 1.165) is 0 Å². The number of nitrogens with zero attached hydrogens (tertiary/aromatic N) is 2. The number of carbonyl (C=O) groups is 1. The molecule has 0 aliphatic heterocycles. The van der Waals surface area contributed by atoms with Gasteiger partial charge in [-0.2, -0.15) is 5.26 Å². The SMILES string of the molecule is N#Cc1cc(F)c(CC(=O)O)c(C(F)F)n1. The minimum Gasteiger partial charge on any atom is -0.481 e. The summed E-state index contributed by atoms with van der Waals surface area (Å²) in [7, 11) is 0. The van der Waals surface area contributed by atoms with Crippen LogP contribution in [0.1, 0.15) is 23.4 Å². The van der Waals surface area contributed by atoms with Gasteiger partial charge in [-0.15, -0.1) is 0 Å². The van der Waals surface area contributed by atoms with Gasteiger partial charge in [-0.3, -0.25) is 4.79 Å². The maximum Gasteiger partial charge on any atom is 0.308 e. The summed E-state index contributed by atoms with van der Waals surface area (Å²) in [5.41, 5.74) is -2.21. The number of carboxylic acids is 1. The number of hydrogen-bond donors (Lipinski definition) is 1. The Morgan fingerprint density at radius 3 is 2.69 bits per heavy atom. The summed E-state index contributed by atoms with van der Waals surface area (Å²) in [5, 5.41) is 16.8. The largest absolute Gasteiger partial charge is 0.481 e. The third kappa shape index (κ3) is 2.48. The lowest BCUT2D eigenvalue weighted by atomic mass is 10.1. The van der Waals surface area contributed by atoms with E-state index in [1.807, 2.05) is 0 Å². The molecule has 0 atom stereocenters. The number of aliphatic carboxylic acids is 1. The highest BCUT2D eigenvalue weighted by Gasteiger charge is 2.21. The minimum atomic E-state index is -3.13. The zero-order valence-corrected chi connectivity index (χ0v) is 7.75. The number of hydrogen-bond acceptors (Lipinski definition) is 3. The Morgan fingerprint density at radius 1 is 1.62 bits per heavy atom. The number of nitriles is 1. The van der Waals surface area contributed by atoms with E-state index < -0.39 is 41.6 Å². The Kier molecular flexibility index (Phi) is 3.45. The van der Waals surface area contributed by atoms with Gasteiger partial charge in [-0.1, -0.05) is 0 Å². The van der Waals surface area contributed by atoms with Gasteiger partial charge in [0.25, 0.3) is 6.43 Å². The number of alkyl halides is 2. The molecular weight excluding hydrogens is 225 g/mol. The van der Waals surface area contributed by atoms with Crippen LogP contribution in [0.5, 0.6) is 0 Å². The second-order valence-electron chi connectivity index (χ2n) is 2.84. The third-order valence-corrected chi connectivity index (χ3v) is 1.75. The summed E-state index contributed by atoms with van der Waals surface area (Å²) < 4.78 is 38.1. The van der Waals surface area contributed by atoms with E-state index in [1.165, 1.54) is 6.07 Å². The molecule has 4 nitrogen and oxygen atoms in total. The summed E-state index contributed by atoms with van der Waals surface area (Å²) in [6, 6.07) is 2.04. The first-order valence-electron chi connectivity index (χ1n) is 4.05. The smallest absolute Gasteiger partial charge is 0.308 e. The van der Waals surface area contributed by atoms with E-state index in [4.69, 9.17) is 10.4 Å². The van der Waals surface area contributed by atoms with Crippen molar-refractivity contribution >= 4 is 5.97 Å². The maximum atomic E-state index is 13.2. The normalized spacial score (nSPS) is 10.2. The fourth-order valence-electron chi connectivity index (χ4n) is 1.12. The fraction of sp³-hybridized carbons (Fsp3) is 0.222. The monoisotopic (exact) mass is 230 g/mol. The van der Waals surface area contributed by atoms with Gasteiger partial charge in [-0.25, -0.2) is 18.2 Å². The van der Waals surface area contributed by atoms with Crippen molar-refractivity contribution in [3.05, 3.63) is 28.8 Å². The molecule has 84 valence electrons. The number of halogens is 3. The van der Waals surface area contributed by atoms with Crippen molar-refractivity contribution in [1.29, 1.82) is 5.26 Å². The molecule has 16 heavy (non-hydrogen) atoms. The van der Waals surface area contributed by atoms with Crippen LogP contribution in [0.25, 0.3) is 0 Å². The molecule has 0 aliphatic rings.